The molecule has 2 rings (SSSR count). The van der Waals surface area contributed by atoms with E-state index in [9.17, 15) is 4.79 Å². The molecule has 1 aromatic carbocycles. The number of aromatic nitrogens is 2. The van der Waals surface area contributed by atoms with Gasteiger partial charge in [0.2, 0.25) is 0 Å². The Morgan fingerprint density at radius 3 is 2.44 bits per heavy atom. The molecule has 5 nitrogen and oxygen atoms in total. The zero-order chi connectivity index (χ0) is 13.1. The van der Waals surface area contributed by atoms with Crippen molar-refractivity contribution in [3.8, 4) is 11.8 Å². The Morgan fingerprint density at radius 2 is 1.83 bits per heavy atom. The number of benzene rings is 1. The standard InChI is InChI=1S/C13H12N2O3/c1-8-3-5-10(6-4-8)18-13-14-9(2)7-11(15-13)12(16)17/h3-7H,1-2H3,(H,16,17). The monoisotopic (exact) mass is 244 g/mol. The molecule has 92 valence electrons. The molecule has 18 heavy (non-hydrogen) atoms. The van der Waals surface area contributed by atoms with Gasteiger partial charge >= 0.3 is 12.0 Å². The Labute approximate surface area is 104 Å². The van der Waals surface area contributed by atoms with Crippen molar-refractivity contribution in [3.05, 3.63) is 47.3 Å². The highest BCUT2D eigenvalue weighted by molar-refractivity contribution is 5.85. The first-order valence-electron chi connectivity index (χ1n) is 5.38. The number of carboxylic acids is 1. The normalized spacial score (nSPS) is 10.1. The lowest BCUT2D eigenvalue weighted by Crippen LogP contribution is -2.04. The molecule has 1 heterocycles. The number of carboxylic acid groups (broad SMARTS) is 1. The second kappa shape index (κ2) is 4.83. The first kappa shape index (κ1) is 12.0. The topological polar surface area (TPSA) is 72.3 Å². The maximum Gasteiger partial charge on any atom is 0.354 e. The van der Waals surface area contributed by atoms with Crippen molar-refractivity contribution in [1.82, 2.24) is 9.97 Å². The van der Waals surface area contributed by atoms with Gasteiger partial charge in [0.15, 0.2) is 5.69 Å². The lowest BCUT2D eigenvalue weighted by Gasteiger charge is -2.05. The fourth-order valence-electron chi connectivity index (χ4n) is 1.41. The first-order chi connectivity index (χ1) is 8.54. The van der Waals surface area contributed by atoms with E-state index in [2.05, 4.69) is 9.97 Å². The summed E-state index contributed by atoms with van der Waals surface area (Å²) in [5.74, 6) is -0.531. The number of aryl methyl sites for hydroxylation is 2. The quantitative estimate of drug-likeness (QED) is 0.898. The highest BCUT2D eigenvalue weighted by Gasteiger charge is 2.10. The van der Waals surface area contributed by atoms with Gasteiger partial charge in [-0.15, -0.1) is 0 Å². The minimum Gasteiger partial charge on any atom is -0.477 e. The van der Waals surface area contributed by atoms with Crippen LogP contribution in [0.15, 0.2) is 30.3 Å². The SMILES string of the molecule is Cc1ccc(Oc2nc(C)cc(C(=O)O)n2)cc1. The van der Waals surface area contributed by atoms with Crippen molar-refractivity contribution < 1.29 is 14.6 Å². The third-order valence-corrected chi connectivity index (χ3v) is 2.28. The Hall–Kier alpha value is -2.43. The third-order valence-electron chi connectivity index (χ3n) is 2.28. The zero-order valence-corrected chi connectivity index (χ0v) is 10.0. The molecule has 0 aliphatic carbocycles. The highest BCUT2D eigenvalue weighted by Crippen LogP contribution is 2.18. The summed E-state index contributed by atoms with van der Waals surface area (Å²) in [7, 11) is 0. The lowest BCUT2D eigenvalue weighted by atomic mass is 10.2. The van der Waals surface area contributed by atoms with Gasteiger partial charge in [0, 0.05) is 5.69 Å². The van der Waals surface area contributed by atoms with Gasteiger partial charge in [0.05, 0.1) is 0 Å². The van der Waals surface area contributed by atoms with Gasteiger partial charge in [-0.05, 0) is 32.0 Å². The largest absolute Gasteiger partial charge is 0.477 e. The van der Waals surface area contributed by atoms with E-state index in [1.54, 1.807) is 19.1 Å². The Bertz CT molecular complexity index is 579. The second-order valence-corrected chi connectivity index (χ2v) is 3.90. The van der Waals surface area contributed by atoms with Crippen LogP contribution < -0.4 is 4.74 Å². The van der Waals surface area contributed by atoms with E-state index in [1.165, 1.54) is 6.07 Å². The van der Waals surface area contributed by atoms with Gasteiger partial charge in [-0.2, -0.15) is 4.98 Å². The Balaban J connectivity index is 2.28. The number of hydrogen-bond acceptors (Lipinski definition) is 4. The predicted molar refractivity (Wildman–Crippen MR) is 65.0 cm³/mol. The molecule has 0 unspecified atom stereocenters. The van der Waals surface area contributed by atoms with E-state index in [0.29, 0.717) is 11.4 Å². The van der Waals surface area contributed by atoms with E-state index in [1.807, 2.05) is 19.1 Å². The molecule has 0 radical (unpaired) electrons. The molecular formula is C13H12N2O3. The van der Waals surface area contributed by atoms with Gasteiger partial charge < -0.3 is 9.84 Å². The van der Waals surface area contributed by atoms with Crippen molar-refractivity contribution in [1.29, 1.82) is 0 Å². The third kappa shape index (κ3) is 2.82. The average Bonchev–Trinajstić information content (AvgIpc) is 2.31. The molecule has 0 fully saturated rings. The smallest absolute Gasteiger partial charge is 0.354 e. The van der Waals surface area contributed by atoms with Crippen molar-refractivity contribution in [2.45, 2.75) is 13.8 Å². The van der Waals surface area contributed by atoms with Crippen LogP contribution in [0.5, 0.6) is 11.8 Å². The van der Waals surface area contributed by atoms with Crippen molar-refractivity contribution in [2.75, 3.05) is 0 Å². The molecular weight excluding hydrogens is 232 g/mol. The maximum atomic E-state index is 10.9. The summed E-state index contributed by atoms with van der Waals surface area (Å²) in [5.41, 5.74) is 1.58. The molecule has 0 aliphatic rings. The number of hydrogen-bond donors (Lipinski definition) is 1. The van der Waals surface area contributed by atoms with Crippen LogP contribution in [-0.2, 0) is 0 Å². The summed E-state index contributed by atoms with van der Waals surface area (Å²) < 4.78 is 5.42. The molecule has 0 atom stereocenters. The number of ether oxygens (including phenoxy) is 1. The first-order valence-corrected chi connectivity index (χ1v) is 5.38. The number of nitrogens with zero attached hydrogens (tertiary/aromatic N) is 2. The van der Waals surface area contributed by atoms with E-state index < -0.39 is 5.97 Å². The van der Waals surface area contributed by atoms with Gasteiger partial charge in [0.1, 0.15) is 5.75 Å². The molecule has 0 bridgehead atoms. The van der Waals surface area contributed by atoms with Crippen LogP contribution in [0.4, 0.5) is 0 Å². The molecule has 0 spiro atoms. The maximum absolute atomic E-state index is 10.9. The molecule has 5 heteroatoms. The molecule has 2 aromatic rings. The van der Waals surface area contributed by atoms with Crippen LogP contribution in [0.25, 0.3) is 0 Å². The summed E-state index contributed by atoms with van der Waals surface area (Å²) in [5, 5.41) is 8.89. The van der Waals surface area contributed by atoms with Crippen molar-refractivity contribution >= 4 is 5.97 Å². The summed E-state index contributed by atoms with van der Waals surface area (Å²) in [4.78, 5) is 18.7. The zero-order valence-electron chi connectivity index (χ0n) is 10.0. The molecule has 0 saturated carbocycles. The fourth-order valence-corrected chi connectivity index (χ4v) is 1.41. The predicted octanol–water partition coefficient (Wildman–Crippen LogP) is 2.58. The molecule has 0 amide bonds. The number of rotatable bonds is 3. The average molecular weight is 244 g/mol. The summed E-state index contributed by atoms with van der Waals surface area (Å²) in [6.07, 6.45) is 0. The number of carbonyl (C=O) groups is 1. The van der Waals surface area contributed by atoms with Gasteiger partial charge in [0.25, 0.3) is 0 Å². The van der Waals surface area contributed by atoms with Gasteiger partial charge in [-0.25, -0.2) is 9.78 Å². The van der Waals surface area contributed by atoms with Crippen LogP contribution in [0.1, 0.15) is 21.7 Å². The van der Waals surface area contributed by atoms with Crippen LogP contribution in [0, 0.1) is 13.8 Å². The van der Waals surface area contributed by atoms with Crippen LogP contribution >= 0.6 is 0 Å². The van der Waals surface area contributed by atoms with Crippen molar-refractivity contribution in [3.63, 3.8) is 0 Å². The molecule has 1 N–H and O–H groups in total. The number of aromatic carboxylic acids is 1. The summed E-state index contributed by atoms with van der Waals surface area (Å²) in [6.45, 7) is 3.66. The Morgan fingerprint density at radius 1 is 1.17 bits per heavy atom. The molecule has 0 aliphatic heterocycles. The minimum absolute atomic E-state index is 0.0382. The molecule has 0 saturated heterocycles. The lowest BCUT2D eigenvalue weighted by molar-refractivity contribution is 0.0689. The molecule has 1 aromatic heterocycles. The summed E-state index contributed by atoms with van der Waals surface area (Å²) >= 11 is 0. The van der Waals surface area contributed by atoms with Crippen molar-refractivity contribution in [2.24, 2.45) is 0 Å². The van der Waals surface area contributed by atoms with Crippen LogP contribution in [0.3, 0.4) is 0 Å². The Kier molecular flexibility index (Phi) is 3.23. The van der Waals surface area contributed by atoms with E-state index in [0.717, 1.165) is 5.56 Å². The van der Waals surface area contributed by atoms with E-state index in [-0.39, 0.29) is 11.7 Å². The van der Waals surface area contributed by atoms with Crippen LogP contribution in [0.2, 0.25) is 0 Å². The minimum atomic E-state index is -1.10. The van der Waals surface area contributed by atoms with Gasteiger partial charge in [-0.3, -0.25) is 0 Å². The van der Waals surface area contributed by atoms with Crippen LogP contribution in [-0.4, -0.2) is 21.0 Å². The fraction of sp³-hybridized carbons (Fsp3) is 0.154. The van der Waals surface area contributed by atoms with E-state index in [4.69, 9.17) is 9.84 Å². The summed E-state index contributed by atoms with van der Waals surface area (Å²) in [6, 6.07) is 8.77. The van der Waals surface area contributed by atoms with Gasteiger partial charge in [-0.1, -0.05) is 17.7 Å². The second-order valence-electron chi connectivity index (χ2n) is 3.90. The van der Waals surface area contributed by atoms with E-state index >= 15 is 0 Å². The highest BCUT2D eigenvalue weighted by atomic mass is 16.5.